The van der Waals surface area contributed by atoms with Gasteiger partial charge in [-0.1, -0.05) is 25.7 Å². The summed E-state index contributed by atoms with van der Waals surface area (Å²) in [6.45, 7) is 2.03. The summed E-state index contributed by atoms with van der Waals surface area (Å²) in [5, 5.41) is 3.21. The fourth-order valence-electron chi connectivity index (χ4n) is 3.07. The van der Waals surface area contributed by atoms with Gasteiger partial charge < -0.3 is 11.1 Å². The normalized spacial score (nSPS) is 36.2. The highest BCUT2D eigenvalue weighted by molar-refractivity contribution is 5.83. The van der Waals surface area contributed by atoms with Crippen LogP contribution < -0.4 is 11.1 Å². The highest BCUT2D eigenvalue weighted by atomic mass is 16.2. The van der Waals surface area contributed by atoms with Crippen LogP contribution in [0.2, 0.25) is 0 Å². The second-order valence-electron chi connectivity index (χ2n) is 5.72. The zero-order chi connectivity index (χ0) is 11.6. The van der Waals surface area contributed by atoms with Crippen molar-refractivity contribution in [2.24, 2.45) is 11.1 Å². The van der Waals surface area contributed by atoms with Crippen molar-refractivity contribution in [2.45, 2.75) is 70.4 Å². The standard InChI is InChI=1S/C13H24N2O/c1-13(9-5-8-11(13)14)12(16)15-10-6-3-2-4-7-10/h10-11H,2-9,14H2,1H3,(H,15,16). The topological polar surface area (TPSA) is 55.1 Å². The van der Waals surface area contributed by atoms with Crippen LogP contribution in [-0.2, 0) is 4.79 Å². The van der Waals surface area contributed by atoms with Crippen LogP contribution in [0, 0.1) is 5.41 Å². The monoisotopic (exact) mass is 224 g/mol. The third-order valence-corrected chi connectivity index (χ3v) is 4.49. The molecule has 2 atom stereocenters. The summed E-state index contributed by atoms with van der Waals surface area (Å²) in [5.41, 5.74) is 5.75. The first-order chi connectivity index (χ1) is 7.63. The molecule has 0 bridgehead atoms. The van der Waals surface area contributed by atoms with Gasteiger partial charge in [0.05, 0.1) is 5.41 Å². The van der Waals surface area contributed by atoms with E-state index in [0.29, 0.717) is 6.04 Å². The van der Waals surface area contributed by atoms with E-state index in [1.165, 1.54) is 19.3 Å². The first kappa shape index (κ1) is 11.9. The van der Waals surface area contributed by atoms with Crippen molar-refractivity contribution in [1.29, 1.82) is 0 Å². The molecule has 1 amide bonds. The van der Waals surface area contributed by atoms with Crippen molar-refractivity contribution >= 4 is 5.91 Å². The minimum absolute atomic E-state index is 0.0519. The van der Waals surface area contributed by atoms with Crippen LogP contribution in [0.1, 0.15) is 58.3 Å². The largest absolute Gasteiger partial charge is 0.353 e. The molecule has 2 fully saturated rings. The fourth-order valence-corrected chi connectivity index (χ4v) is 3.07. The van der Waals surface area contributed by atoms with Crippen LogP contribution in [0.4, 0.5) is 0 Å². The maximum atomic E-state index is 12.3. The Morgan fingerprint density at radius 1 is 1.19 bits per heavy atom. The lowest BCUT2D eigenvalue weighted by molar-refractivity contribution is -0.131. The van der Waals surface area contributed by atoms with Gasteiger partial charge in [-0.05, 0) is 32.6 Å². The molecule has 16 heavy (non-hydrogen) atoms. The quantitative estimate of drug-likeness (QED) is 0.753. The van der Waals surface area contributed by atoms with Gasteiger partial charge in [0.1, 0.15) is 0 Å². The Labute approximate surface area is 98.2 Å². The average molecular weight is 224 g/mol. The number of carbonyl (C=O) groups is 1. The molecule has 0 aromatic rings. The Kier molecular flexibility index (Phi) is 3.53. The summed E-state index contributed by atoms with van der Waals surface area (Å²) >= 11 is 0. The molecule has 0 saturated heterocycles. The second-order valence-corrected chi connectivity index (χ2v) is 5.72. The molecular weight excluding hydrogens is 200 g/mol. The van der Waals surface area contributed by atoms with Gasteiger partial charge in [-0.2, -0.15) is 0 Å². The van der Waals surface area contributed by atoms with E-state index in [1.807, 2.05) is 6.92 Å². The molecule has 0 radical (unpaired) electrons. The van der Waals surface area contributed by atoms with Crippen LogP contribution in [0.25, 0.3) is 0 Å². The predicted molar refractivity (Wildman–Crippen MR) is 64.9 cm³/mol. The first-order valence-electron chi connectivity index (χ1n) is 6.69. The Morgan fingerprint density at radius 2 is 1.88 bits per heavy atom. The summed E-state index contributed by atoms with van der Waals surface area (Å²) in [6.07, 6.45) is 9.18. The second kappa shape index (κ2) is 4.74. The van der Waals surface area contributed by atoms with Crippen LogP contribution in [0.3, 0.4) is 0 Å². The van der Waals surface area contributed by atoms with Gasteiger partial charge >= 0.3 is 0 Å². The summed E-state index contributed by atoms with van der Waals surface area (Å²) in [7, 11) is 0. The smallest absolute Gasteiger partial charge is 0.227 e. The molecule has 3 nitrogen and oxygen atoms in total. The molecule has 0 aromatic carbocycles. The summed E-state index contributed by atoms with van der Waals surface area (Å²) in [5.74, 6) is 0.199. The van der Waals surface area contributed by atoms with E-state index in [9.17, 15) is 4.79 Å². The lowest BCUT2D eigenvalue weighted by atomic mass is 9.83. The number of rotatable bonds is 2. The zero-order valence-corrected chi connectivity index (χ0v) is 10.3. The van der Waals surface area contributed by atoms with Crippen molar-refractivity contribution in [3.63, 3.8) is 0 Å². The predicted octanol–water partition coefficient (Wildman–Crippen LogP) is 1.95. The molecule has 2 unspecified atom stereocenters. The van der Waals surface area contributed by atoms with Gasteiger partial charge in [-0.25, -0.2) is 0 Å². The van der Waals surface area contributed by atoms with Gasteiger partial charge in [-0.15, -0.1) is 0 Å². The number of hydrogen-bond acceptors (Lipinski definition) is 2. The van der Waals surface area contributed by atoms with E-state index in [-0.39, 0.29) is 17.4 Å². The lowest BCUT2D eigenvalue weighted by Crippen LogP contribution is -2.50. The third-order valence-electron chi connectivity index (χ3n) is 4.49. The van der Waals surface area contributed by atoms with Crippen molar-refractivity contribution < 1.29 is 4.79 Å². The third kappa shape index (κ3) is 2.24. The maximum absolute atomic E-state index is 12.3. The van der Waals surface area contributed by atoms with Crippen LogP contribution in [0.5, 0.6) is 0 Å². The highest BCUT2D eigenvalue weighted by Crippen LogP contribution is 2.37. The van der Waals surface area contributed by atoms with E-state index in [2.05, 4.69) is 5.32 Å². The van der Waals surface area contributed by atoms with Crippen LogP contribution in [-0.4, -0.2) is 18.0 Å². The van der Waals surface area contributed by atoms with E-state index < -0.39 is 0 Å². The Morgan fingerprint density at radius 3 is 2.44 bits per heavy atom. The number of amides is 1. The molecule has 2 rings (SSSR count). The molecule has 0 spiro atoms. The van der Waals surface area contributed by atoms with Gasteiger partial charge in [0.15, 0.2) is 0 Å². The molecule has 3 heteroatoms. The van der Waals surface area contributed by atoms with Crippen LogP contribution in [0.15, 0.2) is 0 Å². The molecule has 2 aliphatic carbocycles. The summed E-state index contributed by atoms with van der Waals surface area (Å²) in [4.78, 5) is 12.3. The van der Waals surface area contributed by atoms with E-state index in [0.717, 1.165) is 32.1 Å². The van der Waals surface area contributed by atoms with Crippen molar-refractivity contribution in [3.05, 3.63) is 0 Å². The SMILES string of the molecule is CC1(C(=O)NC2CCCCC2)CCCC1N. The summed E-state index contributed by atoms with van der Waals surface area (Å²) in [6, 6.07) is 0.460. The Hall–Kier alpha value is -0.570. The Bertz CT molecular complexity index is 261. The number of carbonyl (C=O) groups excluding carboxylic acids is 1. The molecular formula is C13H24N2O. The minimum Gasteiger partial charge on any atom is -0.353 e. The molecule has 3 N–H and O–H groups in total. The highest BCUT2D eigenvalue weighted by Gasteiger charge is 2.43. The van der Waals surface area contributed by atoms with Crippen LogP contribution >= 0.6 is 0 Å². The molecule has 2 aliphatic rings. The van der Waals surface area contributed by atoms with Crippen molar-refractivity contribution in [1.82, 2.24) is 5.32 Å². The lowest BCUT2D eigenvalue weighted by Gasteiger charge is -2.31. The maximum Gasteiger partial charge on any atom is 0.227 e. The van der Waals surface area contributed by atoms with Gasteiger partial charge in [-0.3, -0.25) is 4.79 Å². The fraction of sp³-hybridized carbons (Fsp3) is 0.923. The zero-order valence-electron chi connectivity index (χ0n) is 10.3. The number of nitrogens with one attached hydrogen (secondary N) is 1. The van der Waals surface area contributed by atoms with Gasteiger partial charge in [0.25, 0.3) is 0 Å². The van der Waals surface area contributed by atoms with Gasteiger partial charge in [0, 0.05) is 12.1 Å². The molecule has 0 aliphatic heterocycles. The van der Waals surface area contributed by atoms with E-state index in [1.54, 1.807) is 0 Å². The van der Waals surface area contributed by atoms with E-state index >= 15 is 0 Å². The van der Waals surface area contributed by atoms with Gasteiger partial charge in [0.2, 0.25) is 5.91 Å². The number of hydrogen-bond donors (Lipinski definition) is 2. The van der Waals surface area contributed by atoms with E-state index in [4.69, 9.17) is 5.73 Å². The van der Waals surface area contributed by atoms with Crippen molar-refractivity contribution in [3.8, 4) is 0 Å². The molecule has 92 valence electrons. The average Bonchev–Trinajstić information content (AvgIpc) is 2.62. The first-order valence-corrected chi connectivity index (χ1v) is 6.69. The molecule has 2 saturated carbocycles. The molecule has 0 aromatic heterocycles. The van der Waals surface area contributed by atoms with Crippen molar-refractivity contribution in [2.75, 3.05) is 0 Å². The minimum atomic E-state index is -0.308. The Balaban J connectivity index is 1.91. The number of nitrogens with two attached hydrogens (primary N) is 1. The summed E-state index contributed by atoms with van der Waals surface area (Å²) < 4.78 is 0. The molecule has 0 heterocycles.